The van der Waals surface area contributed by atoms with Gasteiger partial charge in [-0.25, -0.2) is 4.79 Å². The van der Waals surface area contributed by atoms with E-state index in [0.717, 1.165) is 32.2 Å². The number of hydrogen-bond acceptors (Lipinski definition) is 6. The van der Waals surface area contributed by atoms with Crippen molar-refractivity contribution >= 4 is 17.0 Å². The molecule has 0 aromatic carbocycles. The zero-order valence-electron chi connectivity index (χ0n) is 17.8. The van der Waals surface area contributed by atoms with Crippen molar-refractivity contribution in [2.45, 2.75) is 77.7 Å². The van der Waals surface area contributed by atoms with Gasteiger partial charge in [0.15, 0.2) is 11.5 Å². The monoisotopic (exact) mass is 404 g/mol. The topological polar surface area (TPSA) is 102 Å². The average molecular weight is 405 g/mol. The summed E-state index contributed by atoms with van der Waals surface area (Å²) in [5.74, 6) is 0.259. The molecule has 1 fully saturated rings. The van der Waals surface area contributed by atoms with Gasteiger partial charge in [0.25, 0.3) is 0 Å². The largest absolute Gasteiger partial charge is 0.463 e. The molecule has 0 spiro atoms. The number of aromatic nitrogens is 4. The Kier molecular flexibility index (Phi) is 8.34. The Morgan fingerprint density at radius 2 is 1.72 bits per heavy atom. The number of imidazole rings is 1. The second kappa shape index (κ2) is 11.2. The van der Waals surface area contributed by atoms with E-state index in [1.54, 1.807) is 4.57 Å². The zero-order valence-corrected chi connectivity index (χ0v) is 17.8. The van der Waals surface area contributed by atoms with E-state index >= 15 is 0 Å². The van der Waals surface area contributed by atoms with Crippen molar-refractivity contribution in [3.63, 3.8) is 0 Å². The maximum absolute atomic E-state index is 12.4. The van der Waals surface area contributed by atoms with E-state index in [2.05, 4.69) is 26.8 Å². The molecule has 8 heteroatoms. The van der Waals surface area contributed by atoms with Gasteiger partial charge in [0.05, 0.1) is 6.61 Å². The quantitative estimate of drug-likeness (QED) is 0.589. The van der Waals surface area contributed by atoms with Crippen molar-refractivity contribution in [1.29, 1.82) is 0 Å². The summed E-state index contributed by atoms with van der Waals surface area (Å²) in [5.41, 5.74) is 6.86. The van der Waals surface area contributed by atoms with Crippen molar-refractivity contribution in [1.82, 2.24) is 24.4 Å². The average Bonchev–Trinajstić information content (AvgIpc) is 2.99. The highest BCUT2D eigenvalue weighted by Gasteiger charge is 2.14. The lowest BCUT2D eigenvalue weighted by Crippen LogP contribution is -2.28. The number of fused-ring (bicyclic) bond motifs is 1. The van der Waals surface area contributed by atoms with Crippen LogP contribution >= 0.6 is 0 Å². The fraction of sp³-hybridized carbons (Fsp3) is 0.762. The van der Waals surface area contributed by atoms with Gasteiger partial charge in [-0.2, -0.15) is 9.97 Å². The third-order valence-electron chi connectivity index (χ3n) is 5.66. The first-order valence-corrected chi connectivity index (χ1v) is 11.3. The second-order valence-corrected chi connectivity index (χ2v) is 8.04. The first kappa shape index (κ1) is 21.6. The van der Waals surface area contributed by atoms with Crippen LogP contribution in [0.3, 0.4) is 0 Å². The molecule has 0 aliphatic carbocycles. The Balaban J connectivity index is 1.53. The number of H-pyrrole nitrogens is 1. The Morgan fingerprint density at radius 1 is 1.00 bits per heavy atom. The number of nitrogen functional groups attached to an aromatic ring is 1. The van der Waals surface area contributed by atoms with E-state index in [0.29, 0.717) is 24.3 Å². The molecule has 3 rings (SSSR count). The highest BCUT2D eigenvalue weighted by Crippen LogP contribution is 2.18. The molecule has 1 aliphatic heterocycles. The van der Waals surface area contributed by atoms with E-state index in [-0.39, 0.29) is 17.5 Å². The third kappa shape index (κ3) is 6.19. The number of likely N-dealkylation sites (tertiary alicyclic amines) is 1. The number of hydrogen-bond donors (Lipinski definition) is 2. The molecule has 0 saturated carbocycles. The summed E-state index contributed by atoms with van der Waals surface area (Å²) in [7, 11) is 0. The molecule has 1 aliphatic rings. The number of rotatable bonds is 10. The van der Waals surface area contributed by atoms with E-state index in [1.165, 1.54) is 51.6 Å². The highest BCUT2D eigenvalue weighted by atomic mass is 16.5. The van der Waals surface area contributed by atoms with Gasteiger partial charge in [-0.05, 0) is 51.7 Å². The Hall–Kier alpha value is -2.09. The minimum atomic E-state index is -0.185. The summed E-state index contributed by atoms with van der Waals surface area (Å²) < 4.78 is 7.25. The van der Waals surface area contributed by atoms with Gasteiger partial charge in [0.1, 0.15) is 5.52 Å². The molecule has 3 heterocycles. The number of nitrogens with one attached hydrogen (secondary N) is 1. The predicted octanol–water partition coefficient (Wildman–Crippen LogP) is 3.32. The minimum Gasteiger partial charge on any atom is -0.463 e. The molecule has 0 atom stereocenters. The molecular weight excluding hydrogens is 368 g/mol. The third-order valence-corrected chi connectivity index (χ3v) is 5.66. The zero-order chi connectivity index (χ0) is 20.5. The Bertz CT molecular complexity index is 807. The minimum absolute atomic E-state index is 0.185. The Morgan fingerprint density at radius 3 is 2.48 bits per heavy atom. The second-order valence-electron chi connectivity index (χ2n) is 8.04. The standard InChI is InChI=1S/C21H36N6O2/c1-2-3-16-29-20-24-18(22)17-19(25-20)27(21(28)23-17)15-11-7-10-14-26-12-8-5-4-6-9-13-26/h2-16H2,1H3,(H,23,28)(H2,22,24,25). The summed E-state index contributed by atoms with van der Waals surface area (Å²) in [6.45, 7) is 6.90. The summed E-state index contributed by atoms with van der Waals surface area (Å²) in [6, 6.07) is 0.244. The maximum Gasteiger partial charge on any atom is 0.327 e. The summed E-state index contributed by atoms with van der Waals surface area (Å²) in [4.78, 5) is 26.4. The summed E-state index contributed by atoms with van der Waals surface area (Å²) in [6.07, 6.45) is 12.0. The molecule has 2 aromatic rings. The van der Waals surface area contributed by atoms with E-state index in [4.69, 9.17) is 10.5 Å². The number of aryl methyl sites for hydroxylation is 1. The lowest BCUT2D eigenvalue weighted by Gasteiger charge is -2.24. The maximum atomic E-state index is 12.4. The molecular formula is C21H36N6O2. The van der Waals surface area contributed by atoms with E-state index in [1.807, 2.05) is 0 Å². The summed E-state index contributed by atoms with van der Waals surface area (Å²) >= 11 is 0. The molecule has 2 aromatic heterocycles. The van der Waals surface area contributed by atoms with Gasteiger partial charge >= 0.3 is 11.7 Å². The van der Waals surface area contributed by atoms with Gasteiger partial charge in [-0.3, -0.25) is 4.57 Å². The van der Waals surface area contributed by atoms with Crippen LogP contribution in [-0.2, 0) is 6.54 Å². The van der Waals surface area contributed by atoms with Crippen molar-refractivity contribution in [3.8, 4) is 6.01 Å². The Labute approximate surface area is 172 Å². The molecule has 8 nitrogen and oxygen atoms in total. The number of anilines is 1. The van der Waals surface area contributed by atoms with Crippen molar-refractivity contribution in [3.05, 3.63) is 10.5 Å². The fourth-order valence-electron chi connectivity index (χ4n) is 3.93. The van der Waals surface area contributed by atoms with Crippen molar-refractivity contribution in [2.75, 3.05) is 32.0 Å². The first-order chi connectivity index (χ1) is 14.2. The molecule has 29 heavy (non-hydrogen) atoms. The van der Waals surface area contributed by atoms with Crippen LogP contribution in [0.1, 0.15) is 71.1 Å². The van der Waals surface area contributed by atoms with E-state index in [9.17, 15) is 4.79 Å². The predicted molar refractivity (Wildman–Crippen MR) is 116 cm³/mol. The van der Waals surface area contributed by atoms with Crippen LogP contribution in [0.2, 0.25) is 0 Å². The normalized spacial score (nSPS) is 16.0. The first-order valence-electron chi connectivity index (χ1n) is 11.3. The van der Waals surface area contributed by atoms with Crippen LogP contribution in [0.15, 0.2) is 4.79 Å². The van der Waals surface area contributed by atoms with Crippen LogP contribution < -0.4 is 16.2 Å². The van der Waals surface area contributed by atoms with E-state index < -0.39 is 0 Å². The lowest BCUT2D eigenvalue weighted by molar-refractivity contribution is 0.242. The number of nitrogens with zero attached hydrogens (tertiary/aromatic N) is 4. The van der Waals surface area contributed by atoms with Gasteiger partial charge in [-0.15, -0.1) is 0 Å². The molecule has 1 saturated heterocycles. The van der Waals surface area contributed by atoms with Gasteiger partial charge in [-0.1, -0.05) is 39.0 Å². The molecule has 0 bridgehead atoms. The fourth-order valence-corrected chi connectivity index (χ4v) is 3.93. The van der Waals surface area contributed by atoms with Gasteiger partial charge in [0.2, 0.25) is 0 Å². The van der Waals surface area contributed by atoms with Crippen LogP contribution in [0.4, 0.5) is 5.82 Å². The summed E-state index contributed by atoms with van der Waals surface area (Å²) in [5, 5.41) is 0. The SMILES string of the molecule is CCCCOc1nc(N)c2[nH]c(=O)n(CCCCCN3CCCCCCC3)c2n1. The molecule has 3 N–H and O–H groups in total. The van der Waals surface area contributed by atoms with Crippen LogP contribution in [0.5, 0.6) is 6.01 Å². The molecule has 0 radical (unpaired) electrons. The number of unbranched alkanes of at least 4 members (excludes halogenated alkanes) is 3. The highest BCUT2D eigenvalue weighted by molar-refractivity contribution is 5.81. The molecule has 0 unspecified atom stereocenters. The lowest BCUT2D eigenvalue weighted by atomic mass is 10.1. The van der Waals surface area contributed by atoms with Crippen LogP contribution in [-0.4, -0.2) is 50.7 Å². The van der Waals surface area contributed by atoms with Gasteiger partial charge in [0, 0.05) is 6.54 Å². The van der Waals surface area contributed by atoms with Crippen molar-refractivity contribution < 1.29 is 4.74 Å². The molecule has 0 amide bonds. The van der Waals surface area contributed by atoms with Crippen LogP contribution in [0, 0.1) is 0 Å². The molecule has 162 valence electrons. The van der Waals surface area contributed by atoms with Crippen molar-refractivity contribution in [2.24, 2.45) is 0 Å². The number of ether oxygens (including phenoxy) is 1. The van der Waals surface area contributed by atoms with Gasteiger partial charge < -0.3 is 20.4 Å². The number of nitrogens with two attached hydrogens (primary N) is 1. The van der Waals surface area contributed by atoms with Crippen LogP contribution in [0.25, 0.3) is 11.2 Å². The smallest absolute Gasteiger partial charge is 0.327 e. The number of aromatic amines is 1.